The number of nitrogen functional groups attached to an aromatic ring is 1. The Kier molecular flexibility index (Phi) is 3.96. The van der Waals surface area contributed by atoms with E-state index in [1.165, 1.54) is 6.07 Å². The maximum absolute atomic E-state index is 13.3. The number of hydrogen-bond acceptors (Lipinski definition) is 2. The molecule has 2 nitrogen and oxygen atoms in total. The predicted octanol–water partition coefficient (Wildman–Crippen LogP) is 1.37. The van der Waals surface area contributed by atoms with E-state index in [1.807, 2.05) is 7.05 Å². The van der Waals surface area contributed by atoms with Gasteiger partial charge in [0.25, 0.3) is 0 Å². The molecule has 0 amide bonds. The predicted molar refractivity (Wildman–Crippen MR) is 56.2 cm³/mol. The fourth-order valence-electron chi connectivity index (χ4n) is 0.992. The Morgan fingerprint density at radius 1 is 1.50 bits per heavy atom. The lowest BCUT2D eigenvalue weighted by Crippen LogP contribution is -2.05. The number of anilines is 1. The van der Waals surface area contributed by atoms with Gasteiger partial charge in [0, 0.05) is 13.0 Å². The Labute approximate surface area is 83.3 Å². The third-order valence-corrected chi connectivity index (χ3v) is 1.75. The monoisotopic (exact) mass is 192 g/mol. The number of benzene rings is 1. The summed E-state index contributed by atoms with van der Waals surface area (Å²) in [5.41, 5.74) is 5.90. The SMILES string of the molecule is CNCCC#Cc1cccc(N)c1F. The summed E-state index contributed by atoms with van der Waals surface area (Å²) in [5, 5.41) is 2.96. The molecule has 0 bridgehead atoms. The van der Waals surface area contributed by atoms with Gasteiger partial charge in [0.2, 0.25) is 0 Å². The first kappa shape index (κ1) is 10.6. The quantitative estimate of drug-likeness (QED) is 0.422. The third-order valence-electron chi connectivity index (χ3n) is 1.75. The molecule has 1 aromatic rings. The first-order valence-corrected chi connectivity index (χ1v) is 4.43. The smallest absolute Gasteiger partial charge is 0.161 e. The number of nitrogens with one attached hydrogen (secondary N) is 1. The van der Waals surface area contributed by atoms with Crippen LogP contribution in [-0.2, 0) is 0 Å². The van der Waals surface area contributed by atoms with Crippen LogP contribution in [0.3, 0.4) is 0 Å². The summed E-state index contributed by atoms with van der Waals surface area (Å²) in [4.78, 5) is 0. The van der Waals surface area contributed by atoms with Crippen LogP contribution in [-0.4, -0.2) is 13.6 Å². The molecule has 0 unspecified atom stereocenters. The second-order valence-corrected chi connectivity index (χ2v) is 2.86. The average Bonchev–Trinajstić information content (AvgIpc) is 2.19. The number of halogens is 1. The summed E-state index contributed by atoms with van der Waals surface area (Å²) < 4.78 is 13.3. The Balaban J connectivity index is 2.74. The second-order valence-electron chi connectivity index (χ2n) is 2.86. The maximum atomic E-state index is 13.3. The van der Waals surface area contributed by atoms with Gasteiger partial charge in [0.1, 0.15) is 0 Å². The highest BCUT2D eigenvalue weighted by molar-refractivity contribution is 5.48. The zero-order valence-corrected chi connectivity index (χ0v) is 8.10. The van der Waals surface area contributed by atoms with Crippen LogP contribution < -0.4 is 11.1 Å². The molecular formula is C11H13FN2. The molecule has 1 rings (SSSR count). The van der Waals surface area contributed by atoms with Crippen molar-refractivity contribution in [3.63, 3.8) is 0 Å². The van der Waals surface area contributed by atoms with Gasteiger partial charge in [-0.2, -0.15) is 0 Å². The number of rotatable bonds is 2. The summed E-state index contributed by atoms with van der Waals surface area (Å²) >= 11 is 0. The summed E-state index contributed by atoms with van der Waals surface area (Å²) in [6, 6.07) is 4.84. The second kappa shape index (κ2) is 5.25. The molecule has 0 saturated carbocycles. The minimum absolute atomic E-state index is 0.144. The largest absolute Gasteiger partial charge is 0.396 e. The van der Waals surface area contributed by atoms with E-state index >= 15 is 0 Å². The fourth-order valence-corrected chi connectivity index (χ4v) is 0.992. The van der Waals surface area contributed by atoms with Gasteiger partial charge in [-0.05, 0) is 19.2 Å². The van der Waals surface area contributed by atoms with Crippen molar-refractivity contribution >= 4 is 5.69 Å². The van der Waals surface area contributed by atoms with Gasteiger partial charge in [-0.1, -0.05) is 17.9 Å². The first-order chi connectivity index (χ1) is 6.75. The Hall–Kier alpha value is -1.53. The molecule has 0 aromatic heterocycles. The van der Waals surface area contributed by atoms with Crippen LogP contribution in [0.4, 0.5) is 10.1 Å². The van der Waals surface area contributed by atoms with E-state index in [2.05, 4.69) is 17.2 Å². The van der Waals surface area contributed by atoms with Crippen LogP contribution in [0.1, 0.15) is 12.0 Å². The lowest BCUT2D eigenvalue weighted by atomic mass is 10.2. The molecule has 0 heterocycles. The van der Waals surface area contributed by atoms with E-state index in [0.717, 1.165) is 6.54 Å². The van der Waals surface area contributed by atoms with E-state index in [9.17, 15) is 4.39 Å². The summed E-state index contributed by atoms with van der Waals surface area (Å²) in [7, 11) is 1.85. The van der Waals surface area contributed by atoms with Crippen molar-refractivity contribution in [2.45, 2.75) is 6.42 Å². The van der Waals surface area contributed by atoms with Gasteiger partial charge < -0.3 is 11.1 Å². The maximum Gasteiger partial charge on any atom is 0.161 e. The number of nitrogens with two attached hydrogens (primary N) is 1. The first-order valence-electron chi connectivity index (χ1n) is 4.43. The Morgan fingerprint density at radius 2 is 2.29 bits per heavy atom. The molecule has 14 heavy (non-hydrogen) atoms. The van der Waals surface area contributed by atoms with Gasteiger partial charge in [-0.3, -0.25) is 0 Å². The van der Waals surface area contributed by atoms with E-state index < -0.39 is 5.82 Å². The van der Waals surface area contributed by atoms with Crippen LogP contribution in [0, 0.1) is 17.7 Å². The molecule has 0 radical (unpaired) electrons. The molecule has 74 valence electrons. The van der Waals surface area contributed by atoms with Gasteiger partial charge in [0.15, 0.2) is 5.82 Å². The van der Waals surface area contributed by atoms with Crippen LogP contribution in [0.15, 0.2) is 18.2 Å². The molecule has 1 aromatic carbocycles. The van der Waals surface area contributed by atoms with Crippen molar-refractivity contribution in [3.05, 3.63) is 29.6 Å². The molecule has 3 N–H and O–H groups in total. The average molecular weight is 192 g/mol. The van der Waals surface area contributed by atoms with Crippen molar-refractivity contribution in [1.29, 1.82) is 0 Å². The van der Waals surface area contributed by atoms with E-state index in [-0.39, 0.29) is 5.69 Å². The van der Waals surface area contributed by atoms with Crippen molar-refractivity contribution in [1.82, 2.24) is 5.32 Å². The Morgan fingerprint density at radius 3 is 3.00 bits per heavy atom. The van der Waals surface area contributed by atoms with E-state index in [4.69, 9.17) is 5.73 Å². The standard InChI is InChI=1S/C11H13FN2/c1-14-8-3-2-5-9-6-4-7-10(13)11(9)12/h4,6-7,14H,3,8,13H2,1H3. The Bertz CT molecular complexity index is 363. The molecular weight excluding hydrogens is 179 g/mol. The summed E-state index contributed by atoms with van der Waals surface area (Å²) in [6.45, 7) is 0.803. The zero-order chi connectivity index (χ0) is 10.4. The van der Waals surface area contributed by atoms with Gasteiger partial charge in [-0.25, -0.2) is 4.39 Å². The summed E-state index contributed by atoms with van der Waals surface area (Å²) in [5.74, 6) is 5.18. The van der Waals surface area contributed by atoms with Crippen LogP contribution >= 0.6 is 0 Å². The number of hydrogen-bond donors (Lipinski definition) is 2. The fraction of sp³-hybridized carbons (Fsp3) is 0.273. The van der Waals surface area contributed by atoms with Crippen LogP contribution in [0.2, 0.25) is 0 Å². The summed E-state index contributed by atoms with van der Waals surface area (Å²) in [6.07, 6.45) is 0.699. The highest BCUT2D eigenvalue weighted by atomic mass is 19.1. The van der Waals surface area contributed by atoms with Crippen molar-refractivity contribution in [3.8, 4) is 11.8 Å². The topological polar surface area (TPSA) is 38.0 Å². The molecule has 0 spiro atoms. The minimum Gasteiger partial charge on any atom is -0.396 e. The normalized spacial score (nSPS) is 9.29. The lowest BCUT2D eigenvalue weighted by molar-refractivity contribution is 0.629. The van der Waals surface area contributed by atoms with Crippen LogP contribution in [0.25, 0.3) is 0 Å². The van der Waals surface area contributed by atoms with E-state index in [1.54, 1.807) is 12.1 Å². The van der Waals surface area contributed by atoms with Gasteiger partial charge >= 0.3 is 0 Å². The third kappa shape index (κ3) is 2.75. The highest BCUT2D eigenvalue weighted by Gasteiger charge is 2.00. The lowest BCUT2D eigenvalue weighted by Gasteiger charge is -1.97. The molecule has 0 aliphatic carbocycles. The molecule has 3 heteroatoms. The van der Waals surface area contributed by atoms with Crippen molar-refractivity contribution in [2.75, 3.05) is 19.3 Å². The van der Waals surface area contributed by atoms with Gasteiger partial charge in [0.05, 0.1) is 11.3 Å². The van der Waals surface area contributed by atoms with Crippen LogP contribution in [0.5, 0.6) is 0 Å². The molecule has 0 saturated heterocycles. The van der Waals surface area contributed by atoms with Gasteiger partial charge in [-0.15, -0.1) is 0 Å². The minimum atomic E-state index is -0.426. The van der Waals surface area contributed by atoms with Crippen molar-refractivity contribution < 1.29 is 4.39 Å². The zero-order valence-electron chi connectivity index (χ0n) is 8.10. The molecule has 0 aliphatic rings. The molecule has 0 fully saturated rings. The molecule has 0 atom stereocenters. The molecule has 0 aliphatic heterocycles. The van der Waals surface area contributed by atoms with Crippen molar-refractivity contribution in [2.24, 2.45) is 0 Å². The highest BCUT2D eigenvalue weighted by Crippen LogP contribution is 2.12. The van der Waals surface area contributed by atoms with E-state index in [0.29, 0.717) is 12.0 Å².